The SMILES string of the molecule is [C-]#[N+]c1ccc(-c2ccc(-n3c4ccccc4c4c3ccc3c5ccccc5n(-c5ccccc5)c34)c(-c3ccc(-n4c5ccccc5c5c4ccc4c6ccccc6n(-c6ccccc6)c45)c(-c4nc(-c5cc(C(C)(C)C)cc(C(C)(C)C)c5)nc(-c5cc(C(C)(C)C)cc(C(C)(C)C)c5)n4)c3)c2)cc1. The first-order valence-corrected chi connectivity index (χ1v) is 36.9. The van der Waals surface area contributed by atoms with E-state index >= 15 is 0 Å². The Morgan fingerprint density at radius 2 is 0.613 bits per heavy atom. The van der Waals surface area contributed by atoms with Crippen molar-refractivity contribution in [1.82, 2.24) is 33.2 Å². The lowest BCUT2D eigenvalue weighted by Gasteiger charge is -2.26. The summed E-state index contributed by atoms with van der Waals surface area (Å²) in [5.41, 5.74) is 24.3. The molecule has 8 heteroatoms. The highest BCUT2D eigenvalue weighted by Crippen LogP contribution is 2.49. The summed E-state index contributed by atoms with van der Waals surface area (Å²) in [5.74, 6) is 1.73. The average molecular weight is 1370 g/mol. The highest BCUT2D eigenvalue weighted by molar-refractivity contribution is 6.28. The Morgan fingerprint density at radius 3 is 1.03 bits per heavy atom. The molecule has 0 amide bonds. The maximum Gasteiger partial charge on any atom is 0.187 e. The van der Waals surface area contributed by atoms with Crippen LogP contribution in [0.5, 0.6) is 0 Å². The van der Waals surface area contributed by atoms with Gasteiger partial charge in [-0.25, -0.2) is 19.8 Å². The van der Waals surface area contributed by atoms with Crippen LogP contribution in [0.3, 0.4) is 0 Å². The Hall–Kier alpha value is -12.4. The lowest BCUT2D eigenvalue weighted by Crippen LogP contribution is -2.17. The molecule has 0 spiro atoms. The van der Waals surface area contributed by atoms with Gasteiger partial charge in [-0.15, -0.1) is 0 Å². The van der Waals surface area contributed by atoms with Crippen molar-refractivity contribution in [1.29, 1.82) is 0 Å². The van der Waals surface area contributed by atoms with Crippen LogP contribution in [0.4, 0.5) is 5.69 Å². The van der Waals surface area contributed by atoms with Crippen LogP contribution < -0.4 is 0 Å². The molecule has 18 rings (SSSR count). The topological polar surface area (TPSA) is 62.8 Å². The fourth-order valence-electron chi connectivity index (χ4n) is 16.2. The molecule has 8 nitrogen and oxygen atoms in total. The number of rotatable bonds is 9. The van der Waals surface area contributed by atoms with Crippen LogP contribution in [-0.4, -0.2) is 33.2 Å². The molecular weight excluding hydrogens is 1290 g/mol. The van der Waals surface area contributed by atoms with E-state index in [1.807, 2.05) is 12.1 Å². The normalized spacial score (nSPS) is 12.5. The quantitative estimate of drug-likeness (QED) is 0.135. The molecule has 5 aromatic heterocycles. The van der Waals surface area contributed by atoms with E-state index < -0.39 is 0 Å². The van der Waals surface area contributed by atoms with Crippen LogP contribution in [0.2, 0.25) is 0 Å². The Balaban J connectivity index is 0.988. The van der Waals surface area contributed by atoms with Gasteiger partial charge in [0.2, 0.25) is 0 Å². The van der Waals surface area contributed by atoms with Gasteiger partial charge >= 0.3 is 0 Å². The average Bonchev–Trinajstić information content (AvgIpc) is 1.54. The van der Waals surface area contributed by atoms with Gasteiger partial charge in [0.1, 0.15) is 0 Å². The predicted octanol–water partition coefficient (Wildman–Crippen LogP) is 26.3. The molecule has 106 heavy (non-hydrogen) atoms. The molecular formula is C98H82N8. The Labute approximate surface area is 619 Å². The monoisotopic (exact) mass is 1370 g/mol. The first-order chi connectivity index (χ1) is 51.0. The molecule has 0 unspecified atom stereocenters. The second-order valence-corrected chi connectivity index (χ2v) is 32.8. The van der Waals surface area contributed by atoms with Crippen molar-refractivity contribution >= 4 is 92.9 Å². The molecule has 0 N–H and O–H groups in total. The molecule has 0 atom stereocenters. The van der Waals surface area contributed by atoms with Crippen molar-refractivity contribution in [2.75, 3.05) is 0 Å². The maximum absolute atomic E-state index is 7.97. The summed E-state index contributed by atoms with van der Waals surface area (Å²) in [6, 6.07) is 102. The minimum Gasteiger partial charge on any atom is -0.309 e. The van der Waals surface area contributed by atoms with Gasteiger partial charge in [-0.3, -0.25) is 0 Å². The third-order valence-corrected chi connectivity index (χ3v) is 21.8. The molecule has 18 aromatic rings. The van der Waals surface area contributed by atoms with E-state index in [-0.39, 0.29) is 21.7 Å². The van der Waals surface area contributed by atoms with Gasteiger partial charge in [0, 0.05) is 76.7 Å². The van der Waals surface area contributed by atoms with Gasteiger partial charge in [-0.2, -0.15) is 0 Å². The van der Waals surface area contributed by atoms with Gasteiger partial charge in [-0.05, 0) is 170 Å². The molecule has 0 saturated heterocycles. The van der Waals surface area contributed by atoms with E-state index in [2.05, 4.69) is 373 Å². The van der Waals surface area contributed by atoms with Crippen molar-refractivity contribution in [2.45, 2.75) is 105 Å². The lowest BCUT2D eigenvalue weighted by atomic mass is 9.79. The fourth-order valence-corrected chi connectivity index (χ4v) is 16.2. The highest BCUT2D eigenvalue weighted by Gasteiger charge is 2.30. The van der Waals surface area contributed by atoms with E-state index in [1.165, 1.54) is 49.2 Å². The highest BCUT2D eigenvalue weighted by atomic mass is 15.1. The zero-order valence-corrected chi connectivity index (χ0v) is 62.1. The van der Waals surface area contributed by atoms with Crippen LogP contribution in [0.15, 0.2) is 279 Å². The number of fused-ring (bicyclic) bond motifs is 14. The number of hydrogen-bond acceptors (Lipinski definition) is 3. The number of hydrogen-bond donors (Lipinski definition) is 0. The van der Waals surface area contributed by atoms with E-state index in [0.717, 1.165) is 122 Å². The Morgan fingerprint density at radius 1 is 0.264 bits per heavy atom. The van der Waals surface area contributed by atoms with Gasteiger partial charge in [0.25, 0.3) is 0 Å². The molecule has 514 valence electrons. The van der Waals surface area contributed by atoms with Crippen LogP contribution in [-0.2, 0) is 21.7 Å². The zero-order chi connectivity index (χ0) is 72.9. The van der Waals surface area contributed by atoms with Crippen molar-refractivity contribution in [2.24, 2.45) is 0 Å². The van der Waals surface area contributed by atoms with Crippen molar-refractivity contribution < 1.29 is 0 Å². The largest absolute Gasteiger partial charge is 0.309 e. The number of para-hydroxylation sites is 6. The van der Waals surface area contributed by atoms with E-state index in [1.54, 1.807) is 0 Å². The molecule has 0 fully saturated rings. The maximum atomic E-state index is 7.97. The van der Waals surface area contributed by atoms with Crippen molar-refractivity contribution in [3.8, 4) is 79.2 Å². The van der Waals surface area contributed by atoms with Crippen LogP contribution in [0, 0.1) is 6.57 Å². The summed E-state index contributed by atoms with van der Waals surface area (Å²) in [4.78, 5) is 21.4. The first kappa shape index (κ1) is 65.6. The summed E-state index contributed by atoms with van der Waals surface area (Å²) < 4.78 is 9.86. The predicted molar refractivity (Wildman–Crippen MR) is 445 cm³/mol. The van der Waals surface area contributed by atoms with Gasteiger partial charge in [-0.1, -0.05) is 253 Å². The molecule has 0 aliphatic heterocycles. The second-order valence-electron chi connectivity index (χ2n) is 32.8. The molecule has 0 aliphatic carbocycles. The van der Waals surface area contributed by atoms with Crippen LogP contribution in [0.1, 0.15) is 105 Å². The van der Waals surface area contributed by atoms with Crippen LogP contribution in [0.25, 0.3) is 171 Å². The number of benzene rings is 13. The zero-order valence-electron chi connectivity index (χ0n) is 62.1. The van der Waals surface area contributed by atoms with E-state index in [4.69, 9.17) is 21.5 Å². The summed E-state index contributed by atoms with van der Waals surface area (Å²) >= 11 is 0. The summed E-state index contributed by atoms with van der Waals surface area (Å²) in [6.07, 6.45) is 0. The summed E-state index contributed by atoms with van der Waals surface area (Å²) in [5, 5.41) is 9.36. The smallest absolute Gasteiger partial charge is 0.187 e. The molecule has 0 bridgehead atoms. The van der Waals surface area contributed by atoms with Gasteiger partial charge in [0.15, 0.2) is 23.2 Å². The summed E-state index contributed by atoms with van der Waals surface area (Å²) in [6.45, 7) is 35.5. The molecule has 0 radical (unpaired) electrons. The van der Waals surface area contributed by atoms with E-state index in [9.17, 15) is 0 Å². The Kier molecular flexibility index (Phi) is 15.1. The third-order valence-electron chi connectivity index (χ3n) is 21.8. The minimum atomic E-state index is -0.193. The molecule has 5 heterocycles. The Bertz CT molecular complexity index is 6500. The summed E-state index contributed by atoms with van der Waals surface area (Å²) in [7, 11) is 0. The number of aromatic nitrogens is 7. The van der Waals surface area contributed by atoms with E-state index in [0.29, 0.717) is 23.2 Å². The first-order valence-electron chi connectivity index (χ1n) is 36.9. The number of nitrogens with zero attached hydrogens (tertiary/aromatic N) is 8. The van der Waals surface area contributed by atoms with Gasteiger partial charge in [0.05, 0.1) is 62.1 Å². The van der Waals surface area contributed by atoms with Gasteiger partial charge < -0.3 is 18.3 Å². The second kappa shape index (κ2) is 24.3. The lowest BCUT2D eigenvalue weighted by molar-refractivity contribution is 0.568. The van der Waals surface area contributed by atoms with Crippen molar-refractivity contribution in [3.63, 3.8) is 0 Å². The third kappa shape index (κ3) is 10.8. The van der Waals surface area contributed by atoms with Crippen LogP contribution >= 0.6 is 0 Å². The van der Waals surface area contributed by atoms with Crippen molar-refractivity contribution in [3.05, 3.63) is 313 Å². The standard InChI is InChI=1S/C98H82N8/c1-95(2,3)65-52-63(53-66(58-65)96(4,5)6)92-100-93(64-54-67(97(7,8)9)59-68(55-64)98(10,11)12)102-94(101-92)79-57-62(43-49-85(79)106-83-39-27-23-35-77(83)89-87(106)51-47-75-73-33-21-25-37-81(73)104(91(75)89)71-30-18-15-19-31-71)78-56-61(60-40-44-69(99-13)45-41-60)42-48-84(78)105-82-38-26-22-34-76(82)88-86(105)50-46-74-72-32-20-24-36-80(72)103(90(74)88)70-28-16-14-17-29-70/h14-59H,1-12H3. The minimum absolute atomic E-state index is 0.193. The molecule has 0 saturated carbocycles. The molecule has 13 aromatic carbocycles. The molecule has 0 aliphatic rings. The fraction of sp³-hybridized carbons (Fsp3) is 0.163.